The van der Waals surface area contributed by atoms with Crippen LogP contribution in [-0.4, -0.2) is 90.5 Å². The van der Waals surface area contributed by atoms with Crippen LogP contribution in [0.3, 0.4) is 0 Å². The van der Waals surface area contributed by atoms with Gasteiger partial charge in [-0.25, -0.2) is 13.2 Å². The fourth-order valence-electron chi connectivity index (χ4n) is 15.0. The average molecular weight is 819 g/mol. The number of nitrogens with zero attached hydrogens (tertiary/aromatic N) is 2. The quantitative estimate of drug-likeness (QED) is 0.200. The third-order valence-corrected chi connectivity index (χ3v) is 19.6. The molecular weight excluding hydrogens is 749 g/mol. The second kappa shape index (κ2) is 15.5. The summed E-state index contributed by atoms with van der Waals surface area (Å²) in [5.74, 6) is 0.841. The van der Waals surface area contributed by atoms with Gasteiger partial charge in [-0.15, -0.1) is 0 Å². The van der Waals surface area contributed by atoms with Crippen molar-refractivity contribution in [2.24, 2.45) is 56.7 Å². The van der Waals surface area contributed by atoms with Crippen LogP contribution in [-0.2, 0) is 19.4 Å². The van der Waals surface area contributed by atoms with E-state index >= 15 is 0 Å². The van der Waals surface area contributed by atoms with Crippen LogP contribution in [0, 0.1) is 56.7 Å². The van der Waals surface area contributed by atoms with Gasteiger partial charge in [0.1, 0.15) is 0 Å². The van der Waals surface area contributed by atoms with Crippen molar-refractivity contribution in [2.45, 2.75) is 119 Å². The molecule has 0 unspecified atom stereocenters. The van der Waals surface area contributed by atoms with Gasteiger partial charge in [-0.05, 0) is 158 Å². The zero-order chi connectivity index (χ0) is 42.1. The van der Waals surface area contributed by atoms with Gasteiger partial charge in [0, 0.05) is 32.6 Å². The highest BCUT2D eigenvalue weighted by Gasteiger charge is 2.70. The van der Waals surface area contributed by atoms with E-state index in [9.17, 15) is 33.0 Å². The number of fused-ring (bicyclic) bond motifs is 7. The van der Waals surface area contributed by atoms with Crippen LogP contribution in [0.2, 0.25) is 0 Å². The van der Waals surface area contributed by atoms with E-state index in [0.29, 0.717) is 61.3 Å². The molecule has 0 aromatic heterocycles. The van der Waals surface area contributed by atoms with Crippen molar-refractivity contribution < 1.29 is 33.0 Å². The standard InChI is InChI=1S/C48H70N2O7S/c1-32(2)35-17-22-48(31-50(40(51)15-16-41(52)53)26-8-25-49-27-29-58(56,57)30-28-49)24-23-46(6)37(42(35)48)13-14-39-45(5)20-18-36(33-9-11-34(12-10-33)43(54)55)44(3,4)38(45)19-21-47(39,46)7/h9-12,18,35,37-39,42H,1,8,13-17,19-31H2,2-7H3,(H,52,53)(H,54,55)/t35-,37+,38-,39+,42+,45-,46+,47+,48+/m0/s1. The number of carboxylic acids is 2. The molecule has 1 amide bonds. The molecule has 0 bridgehead atoms. The predicted octanol–water partition coefficient (Wildman–Crippen LogP) is 8.85. The van der Waals surface area contributed by atoms with Crippen LogP contribution < -0.4 is 0 Å². The minimum atomic E-state index is -2.97. The van der Waals surface area contributed by atoms with E-state index in [0.717, 1.165) is 57.1 Å². The summed E-state index contributed by atoms with van der Waals surface area (Å²) in [5.41, 5.74) is 4.37. The highest BCUT2D eigenvalue weighted by Crippen LogP contribution is 2.77. The van der Waals surface area contributed by atoms with Gasteiger partial charge in [0.15, 0.2) is 9.84 Å². The number of hydrogen-bond acceptors (Lipinski definition) is 6. The number of allylic oxidation sites excluding steroid dienone is 3. The predicted molar refractivity (Wildman–Crippen MR) is 229 cm³/mol. The van der Waals surface area contributed by atoms with E-state index in [-0.39, 0.29) is 57.3 Å². The summed E-state index contributed by atoms with van der Waals surface area (Å²) in [7, 11) is -2.97. The smallest absolute Gasteiger partial charge is 0.335 e. The summed E-state index contributed by atoms with van der Waals surface area (Å²) >= 11 is 0. The molecule has 6 aliphatic rings. The minimum Gasteiger partial charge on any atom is -0.481 e. The lowest BCUT2D eigenvalue weighted by Gasteiger charge is -2.72. The number of amides is 1. The minimum absolute atomic E-state index is 0.00273. The van der Waals surface area contributed by atoms with Crippen LogP contribution in [0.25, 0.3) is 5.57 Å². The Kier molecular flexibility index (Phi) is 11.5. The molecule has 1 saturated heterocycles. The summed E-state index contributed by atoms with van der Waals surface area (Å²) in [5, 5.41) is 19.1. The van der Waals surface area contributed by atoms with E-state index in [4.69, 9.17) is 0 Å². The van der Waals surface area contributed by atoms with Crippen LogP contribution in [0.5, 0.6) is 0 Å². The normalized spacial score (nSPS) is 37.6. The van der Waals surface area contributed by atoms with Crippen molar-refractivity contribution in [1.82, 2.24) is 9.80 Å². The molecule has 1 aromatic rings. The molecule has 5 fully saturated rings. The first kappa shape index (κ1) is 43.1. The van der Waals surface area contributed by atoms with Crippen LogP contribution in [0.15, 0.2) is 42.5 Å². The number of carboxylic acid groups (broad SMARTS) is 2. The maximum Gasteiger partial charge on any atom is 0.335 e. The number of benzene rings is 1. The van der Waals surface area contributed by atoms with Gasteiger partial charge in [-0.1, -0.05) is 65.0 Å². The van der Waals surface area contributed by atoms with Crippen molar-refractivity contribution in [3.05, 3.63) is 53.6 Å². The Morgan fingerprint density at radius 2 is 1.55 bits per heavy atom. The first-order chi connectivity index (χ1) is 27.2. The molecule has 9 atom stereocenters. The van der Waals surface area contributed by atoms with Crippen molar-refractivity contribution in [1.29, 1.82) is 0 Å². The van der Waals surface area contributed by atoms with Crippen LogP contribution >= 0.6 is 0 Å². The fourth-order valence-corrected chi connectivity index (χ4v) is 16.2. The monoisotopic (exact) mass is 818 g/mol. The Balaban J connectivity index is 1.15. The maximum absolute atomic E-state index is 14.0. The van der Waals surface area contributed by atoms with E-state index < -0.39 is 21.8 Å². The topological polar surface area (TPSA) is 132 Å². The van der Waals surface area contributed by atoms with Crippen molar-refractivity contribution in [3.63, 3.8) is 0 Å². The second-order valence-corrected chi connectivity index (χ2v) is 23.3. The summed E-state index contributed by atoms with van der Waals surface area (Å²) in [6, 6.07) is 7.47. The molecule has 0 radical (unpaired) electrons. The molecule has 0 spiro atoms. The number of carbonyl (C=O) groups is 3. The van der Waals surface area contributed by atoms with Gasteiger partial charge in [-0.2, -0.15) is 0 Å². The molecule has 5 aliphatic carbocycles. The van der Waals surface area contributed by atoms with Crippen molar-refractivity contribution in [2.75, 3.05) is 44.2 Å². The Morgan fingerprint density at radius 3 is 2.19 bits per heavy atom. The summed E-state index contributed by atoms with van der Waals surface area (Å²) in [6.45, 7) is 22.5. The van der Waals surface area contributed by atoms with E-state index in [1.165, 1.54) is 30.4 Å². The molecule has 4 saturated carbocycles. The molecule has 9 nitrogen and oxygen atoms in total. The maximum atomic E-state index is 14.0. The van der Waals surface area contributed by atoms with E-state index in [1.54, 1.807) is 12.1 Å². The molecule has 1 aliphatic heterocycles. The average Bonchev–Trinajstić information content (AvgIpc) is 3.54. The number of carbonyl (C=O) groups excluding carboxylic acids is 1. The first-order valence-corrected chi connectivity index (χ1v) is 24.1. The van der Waals surface area contributed by atoms with Gasteiger partial charge >= 0.3 is 11.9 Å². The number of aromatic carboxylic acids is 1. The van der Waals surface area contributed by atoms with Gasteiger partial charge in [0.2, 0.25) is 5.91 Å². The highest BCUT2D eigenvalue weighted by molar-refractivity contribution is 7.91. The van der Waals surface area contributed by atoms with Gasteiger partial charge < -0.3 is 20.0 Å². The zero-order valence-corrected chi connectivity index (χ0v) is 37.0. The number of sulfone groups is 1. The summed E-state index contributed by atoms with van der Waals surface area (Å²) < 4.78 is 24.1. The van der Waals surface area contributed by atoms with Crippen LogP contribution in [0.1, 0.15) is 135 Å². The lowest BCUT2D eigenvalue weighted by Crippen LogP contribution is -2.66. The number of aliphatic carboxylic acids is 1. The van der Waals surface area contributed by atoms with E-state index in [2.05, 4.69) is 59.1 Å². The third kappa shape index (κ3) is 7.32. The molecule has 1 aromatic carbocycles. The lowest BCUT2D eigenvalue weighted by atomic mass is 9.32. The fraction of sp³-hybridized carbons (Fsp3) is 0.729. The van der Waals surface area contributed by atoms with Crippen molar-refractivity contribution in [3.8, 4) is 0 Å². The zero-order valence-electron chi connectivity index (χ0n) is 36.2. The van der Waals surface area contributed by atoms with Gasteiger partial charge in [-0.3, -0.25) is 9.59 Å². The summed E-state index contributed by atoms with van der Waals surface area (Å²) in [6.07, 6.45) is 13.2. The van der Waals surface area contributed by atoms with E-state index in [1.807, 2.05) is 17.0 Å². The molecule has 1 heterocycles. The van der Waals surface area contributed by atoms with Crippen molar-refractivity contribution >= 4 is 33.3 Å². The molecule has 58 heavy (non-hydrogen) atoms. The van der Waals surface area contributed by atoms with Gasteiger partial charge in [0.05, 0.1) is 23.5 Å². The second-order valence-electron chi connectivity index (χ2n) is 21.0. The molecule has 2 N–H and O–H groups in total. The first-order valence-electron chi connectivity index (χ1n) is 22.3. The Hall–Kier alpha value is -2.98. The Bertz CT molecular complexity index is 1930. The molecule has 320 valence electrons. The largest absolute Gasteiger partial charge is 0.481 e. The Labute approximate surface area is 348 Å². The van der Waals surface area contributed by atoms with Gasteiger partial charge in [0.25, 0.3) is 0 Å². The Morgan fingerprint density at radius 1 is 0.862 bits per heavy atom. The highest BCUT2D eigenvalue weighted by atomic mass is 32.2. The lowest BCUT2D eigenvalue weighted by molar-refractivity contribution is -0.226. The number of hydrogen-bond donors (Lipinski definition) is 2. The molecular formula is C48H70N2O7S. The van der Waals surface area contributed by atoms with Crippen LogP contribution in [0.4, 0.5) is 0 Å². The SMILES string of the molecule is C=C(C)[C@@H]1CC[C@]2(CN(CCCN3CCS(=O)(=O)CC3)C(=O)CCC(=O)O)CC[C@]3(C)[C@H](CC[C@@H]4[C@@]5(C)CC=C(c6ccc(C(=O)O)cc6)C(C)(C)[C@@H]5CC[C@]43C)[C@@H]12. The summed E-state index contributed by atoms with van der Waals surface area (Å²) in [4.78, 5) is 41.4. The number of rotatable bonds is 12. The molecule has 10 heteroatoms. The third-order valence-electron chi connectivity index (χ3n) is 18.0. The molecule has 7 rings (SSSR count).